The van der Waals surface area contributed by atoms with Crippen LogP contribution < -0.4 is 0 Å². The van der Waals surface area contributed by atoms with Crippen LogP contribution in [0, 0.1) is 17.8 Å². The van der Waals surface area contributed by atoms with Crippen LogP contribution in [0.5, 0.6) is 0 Å². The van der Waals surface area contributed by atoms with Gasteiger partial charge in [-0.25, -0.2) is 0 Å². The van der Waals surface area contributed by atoms with Gasteiger partial charge in [-0.2, -0.15) is 0 Å². The van der Waals surface area contributed by atoms with Gasteiger partial charge in [-0.1, -0.05) is 81.4 Å². The average molecular weight is 499 g/mol. The highest BCUT2D eigenvalue weighted by molar-refractivity contribution is 5.67. The lowest BCUT2D eigenvalue weighted by atomic mass is 9.75. The number of aliphatic hydroxyl groups excluding tert-OH is 1. The molecule has 7 heteroatoms. The number of carboxylic acids is 1. The number of aliphatic carboxylic acids is 1. The zero-order valence-electron chi connectivity index (χ0n) is 21.3. The molecular weight excluding hydrogens is 460 g/mol. The van der Waals surface area contributed by atoms with E-state index in [1.165, 1.54) is 0 Å². The lowest BCUT2D eigenvalue weighted by molar-refractivity contribution is -0.338. The van der Waals surface area contributed by atoms with Crippen LogP contribution in [0.4, 0.5) is 0 Å². The van der Waals surface area contributed by atoms with E-state index in [2.05, 4.69) is 0 Å². The van der Waals surface area contributed by atoms with Crippen molar-refractivity contribution in [2.75, 3.05) is 6.61 Å². The van der Waals surface area contributed by atoms with Gasteiger partial charge in [-0.05, 0) is 23.0 Å². The summed E-state index contributed by atoms with van der Waals surface area (Å²) in [5.41, 5.74) is 2.06. The summed E-state index contributed by atoms with van der Waals surface area (Å²) < 4.78 is 25.3. The highest BCUT2D eigenvalue weighted by Crippen LogP contribution is 2.47. The molecule has 8 atom stereocenters. The van der Waals surface area contributed by atoms with Gasteiger partial charge in [0.05, 0.1) is 44.6 Å². The second-order valence-electron chi connectivity index (χ2n) is 10.3. The predicted octanol–water partition coefficient (Wildman–Crippen LogP) is 4.42. The lowest BCUT2D eigenvalue weighted by Crippen LogP contribution is -2.61. The van der Waals surface area contributed by atoms with Gasteiger partial charge in [0.15, 0.2) is 5.79 Å². The molecule has 2 saturated heterocycles. The molecule has 0 aromatic heterocycles. The summed E-state index contributed by atoms with van der Waals surface area (Å²) in [7, 11) is 0. The SMILES string of the molecule is C[C@@H]1[C@@H](O)[C@H]([C@@H](OCc2ccccc2)[C@H](C)CC(=O)O)O[C@]2(C[C@H](OCc3ccccc3)CO2)[C@H]1C. The molecule has 2 heterocycles. The van der Waals surface area contributed by atoms with Gasteiger partial charge in [0, 0.05) is 12.3 Å². The maximum Gasteiger partial charge on any atom is 0.303 e. The molecule has 4 rings (SSSR count). The Balaban J connectivity index is 1.50. The van der Waals surface area contributed by atoms with E-state index in [1.807, 2.05) is 81.4 Å². The second-order valence-corrected chi connectivity index (χ2v) is 10.3. The van der Waals surface area contributed by atoms with Crippen LogP contribution in [-0.4, -0.2) is 53.0 Å². The van der Waals surface area contributed by atoms with Gasteiger partial charge >= 0.3 is 5.97 Å². The Morgan fingerprint density at radius 2 is 1.67 bits per heavy atom. The Kier molecular flexibility index (Phi) is 8.80. The number of carbonyl (C=O) groups is 1. The summed E-state index contributed by atoms with van der Waals surface area (Å²) in [4.78, 5) is 11.6. The summed E-state index contributed by atoms with van der Waals surface area (Å²) in [6.07, 6.45) is -1.88. The molecule has 7 nitrogen and oxygen atoms in total. The van der Waals surface area contributed by atoms with E-state index >= 15 is 0 Å². The van der Waals surface area contributed by atoms with Crippen molar-refractivity contribution in [2.45, 2.75) is 77.0 Å². The summed E-state index contributed by atoms with van der Waals surface area (Å²) in [6.45, 7) is 7.03. The Morgan fingerprint density at radius 1 is 1.06 bits per heavy atom. The first-order chi connectivity index (χ1) is 17.3. The fourth-order valence-corrected chi connectivity index (χ4v) is 5.37. The quantitative estimate of drug-likeness (QED) is 0.501. The van der Waals surface area contributed by atoms with Crippen molar-refractivity contribution in [3.63, 3.8) is 0 Å². The first kappa shape index (κ1) is 26.8. The molecule has 0 saturated carbocycles. The molecule has 2 fully saturated rings. The van der Waals surface area contributed by atoms with Crippen molar-refractivity contribution in [1.82, 2.24) is 0 Å². The summed E-state index contributed by atoms with van der Waals surface area (Å²) in [6, 6.07) is 19.7. The maximum absolute atomic E-state index is 11.6. The van der Waals surface area contributed by atoms with Gasteiger partial charge in [0.2, 0.25) is 0 Å². The van der Waals surface area contributed by atoms with Crippen molar-refractivity contribution < 1.29 is 34.0 Å². The average Bonchev–Trinajstić information content (AvgIpc) is 3.29. The van der Waals surface area contributed by atoms with Gasteiger partial charge in [-0.3, -0.25) is 4.79 Å². The van der Waals surface area contributed by atoms with Gasteiger partial charge in [-0.15, -0.1) is 0 Å². The number of hydrogen-bond acceptors (Lipinski definition) is 6. The van der Waals surface area contributed by atoms with E-state index in [0.29, 0.717) is 26.2 Å². The fraction of sp³-hybridized carbons (Fsp3) is 0.552. The molecule has 2 aliphatic rings. The minimum Gasteiger partial charge on any atom is -0.481 e. The molecule has 0 radical (unpaired) electrons. The highest BCUT2D eigenvalue weighted by atomic mass is 16.7. The van der Waals surface area contributed by atoms with Gasteiger partial charge in [0.1, 0.15) is 6.10 Å². The van der Waals surface area contributed by atoms with Crippen LogP contribution in [0.15, 0.2) is 60.7 Å². The molecule has 0 aliphatic carbocycles. The second kappa shape index (κ2) is 11.8. The zero-order chi connectivity index (χ0) is 25.7. The van der Waals surface area contributed by atoms with Crippen molar-refractivity contribution >= 4 is 5.97 Å². The fourth-order valence-electron chi connectivity index (χ4n) is 5.37. The Labute approximate surface area is 213 Å². The van der Waals surface area contributed by atoms with Crippen LogP contribution in [0.3, 0.4) is 0 Å². The normalized spacial score (nSPS) is 31.8. The first-order valence-electron chi connectivity index (χ1n) is 12.8. The number of rotatable bonds is 10. The molecule has 2 aromatic carbocycles. The molecule has 2 aromatic rings. The number of hydrogen-bond donors (Lipinski definition) is 2. The van der Waals surface area contributed by atoms with Crippen LogP contribution in [0.2, 0.25) is 0 Å². The van der Waals surface area contributed by atoms with E-state index in [0.717, 1.165) is 11.1 Å². The Bertz CT molecular complexity index is 968. The summed E-state index contributed by atoms with van der Waals surface area (Å²) >= 11 is 0. The van der Waals surface area contributed by atoms with Gasteiger partial charge in [0.25, 0.3) is 0 Å². The van der Waals surface area contributed by atoms with Crippen LogP contribution in [0.25, 0.3) is 0 Å². The number of ether oxygens (including phenoxy) is 4. The third-order valence-corrected chi connectivity index (χ3v) is 7.71. The van der Waals surface area contributed by atoms with E-state index in [-0.39, 0.29) is 30.3 Å². The Hall–Kier alpha value is -2.29. The monoisotopic (exact) mass is 498 g/mol. The minimum absolute atomic E-state index is 0.0846. The van der Waals surface area contributed by atoms with Crippen molar-refractivity contribution in [3.05, 3.63) is 71.8 Å². The first-order valence-corrected chi connectivity index (χ1v) is 12.8. The maximum atomic E-state index is 11.6. The third-order valence-electron chi connectivity index (χ3n) is 7.71. The lowest BCUT2D eigenvalue weighted by Gasteiger charge is -2.51. The van der Waals surface area contributed by atoms with Crippen LogP contribution >= 0.6 is 0 Å². The standard InChI is InChI=1S/C29H38O7/c1-19(14-25(30)31)27(34-17-23-12-8-5-9-13-23)28-26(32)20(2)21(3)29(36-28)15-24(18-35-29)33-16-22-10-6-4-7-11-22/h4-13,19-21,24,26-28,32H,14-18H2,1-3H3,(H,30,31)/t19-,20+,21+,24+,26-,27+,28-,29-/m1/s1. The highest BCUT2D eigenvalue weighted by Gasteiger charge is 2.57. The smallest absolute Gasteiger partial charge is 0.303 e. The van der Waals surface area contributed by atoms with E-state index in [9.17, 15) is 15.0 Å². The Morgan fingerprint density at radius 3 is 2.28 bits per heavy atom. The largest absolute Gasteiger partial charge is 0.481 e. The molecule has 2 aliphatic heterocycles. The zero-order valence-corrected chi connectivity index (χ0v) is 21.3. The molecule has 2 N–H and O–H groups in total. The van der Waals surface area contributed by atoms with E-state index < -0.39 is 30.1 Å². The van der Waals surface area contributed by atoms with Crippen molar-refractivity contribution in [3.8, 4) is 0 Å². The van der Waals surface area contributed by atoms with Crippen molar-refractivity contribution in [2.24, 2.45) is 17.8 Å². The number of carboxylic acid groups (broad SMARTS) is 1. The van der Waals surface area contributed by atoms with Crippen molar-refractivity contribution in [1.29, 1.82) is 0 Å². The minimum atomic E-state index is -0.929. The number of aliphatic hydroxyl groups is 1. The summed E-state index contributed by atoms with van der Waals surface area (Å²) in [5, 5.41) is 20.7. The molecule has 0 amide bonds. The van der Waals surface area contributed by atoms with E-state index in [1.54, 1.807) is 0 Å². The van der Waals surface area contributed by atoms with Crippen LogP contribution in [-0.2, 0) is 37.0 Å². The molecule has 1 spiro atoms. The van der Waals surface area contributed by atoms with Gasteiger partial charge < -0.3 is 29.2 Å². The molecule has 0 bridgehead atoms. The molecule has 36 heavy (non-hydrogen) atoms. The topological polar surface area (TPSA) is 94.5 Å². The third kappa shape index (κ3) is 6.15. The van der Waals surface area contributed by atoms with Crippen LogP contribution in [0.1, 0.15) is 44.7 Å². The molecule has 0 unspecified atom stereocenters. The molecular formula is C29H38O7. The van der Waals surface area contributed by atoms with E-state index in [4.69, 9.17) is 18.9 Å². The molecule has 196 valence electrons. The predicted molar refractivity (Wildman–Crippen MR) is 134 cm³/mol. The number of benzene rings is 2. The summed E-state index contributed by atoms with van der Waals surface area (Å²) in [5.74, 6) is -2.45.